The minimum Gasteiger partial charge on any atom is -0.487 e. The van der Waals surface area contributed by atoms with Gasteiger partial charge in [-0.15, -0.1) is 0 Å². The van der Waals surface area contributed by atoms with Gasteiger partial charge >= 0.3 is 0 Å². The molecule has 0 amide bonds. The number of ether oxygens (including phenoxy) is 1. The standard InChI is InChI=1S/C16H13FN2O/c17-13-5-6-16(20-14-9-19-10-14)15(7-13)12-3-1-11(8-18)2-4-12/h1-7,14,19H,9-10H2. The van der Waals surface area contributed by atoms with Crippen LogP contribution in [0, 0.1) is 17.1 Å². The van der Waals surface area contributed by atoms with Crippen molar-refractivity contribution in [1.29, 1.82) is 5.26 Å². The van der Waals surface area contributed by atoms with Gasteiger partial charge in [0, 0.05) is 18.7 Å². The van der Waals surface area contributed by atoms with Gasteiger partial charge in [-0.25, -0.2) is 4.39 Å². The van der Waals surface area contributed by atoms with Crippen LogP contribution in [0.1, 0.15) is 5.56 Å². The Morgan fingerprint density at radius 3 is 2.50 bits per heavy atom. The molecule has 0 saturated carbocycles. The first-order valence-corrected chi connectivity index (χ1v) is 6.44. The Hall–Kier alpha value is -2.38. The average molecular weight is 268 g/mol. The van der Waals surface area contributed by atoms with Crippen LogP contribution in [-0.4, -0.2) is 19.2 Å². The van der Waals surface area contributed by atoms with Gasteiger partial charge in [0.1, 0.15) is 17.7 Å². The summed E-state index contributed by atoms with van der Waals surface area (Å²) < 4.78 is 19.3. The fraction of sp³-hybridized carbons (Fsp3) is 0.188. The smallest absolute Gasteiger partial charge is 0.127 e. The highest BCUT2D eigenvalue weighted by atomic mass is 19.1. The molecular weight excluding hydrogens is 255 g/mol. The normalized spacial score (nSPS) is 14.4. The summed E-state index contributed by atoms with van der Waals surface area (Å²) in [5, 5.41) is 11.9. The van der Waals surface area contributed by atoms with Crippen LogP contribution in [-0.2, 0) is 0 Å². The third-order valence-corrected chi connectivity index (χ3v) is 3.30. The van der Waals surface area contributed by atoms with Gasteiger partial charge in [-0.3, -0.25) is 0 Å². The average Bonchev–Trinajstić information content (AvgIpc) is 2.44. The van der Waals surface area contributed by atoms with Gasteiger partial charge in [0.05, 0.1) is 11.6 Å². The van der Waals surface area contributed by atoms with E-state index in [0.29, 0.717) is 16.9 Å². The highest BCUT2D eigenvalue weighted by molar-refractivity contribution is 5.71. The van der Waals surface area contributed by atoms with Crippen molar-refractivity contribution in [2.75, 3.05) is 13.1 Å². The van der Waals surface area contributed by atoms with Crippen LogP contribution in [0.4, 0.5) is 4.39 Å². The summed E-state index contributed by atoms with van der Waals surface area (Å²) in [6, 6.07) is 13.6. The van der Waals surface area contributed by atoms with Crippen LogP contribution in [0.15, 0.2) is 42.5 Å². The summed E-state index contributed by atoms with van der Waals surface area (Å²) in [4.78, 5) is 0. The fourth-order valence-electron chi connectivity index (χ4n) is 2.08. The van der Waals surface area contributed by atoms with Crippen molar-refractivity contribution in [3.8, 4) is 22.9 Å². The van der Waals surface area contributed by atoms with Crippen LogP contribution in [0.3, 0.4) is 0 Å². The van der Waals surface area contributed by atoms with Crippen molar-refractivity contribution in [2.45, 2.75) is 6.10 Å². The van der Waals surface area contributed by atoms with Crippen LogP contribution in [0.5, 0.6) is 5.75 Å². The van der Waals surface area contributed by atoms with Crippen molar-refractivity contribution in [2.24, 2.45) is 0 Å². The Morgan fingerprint density at radius 2 is 1.90 bits per heavy atom. The maximum absolute atomic E-state index is 13.5. The van der Waals surface area contributed by atoms with E-state index in [1.807, 2.05) is 0 Å². The van der Waals surface area contributed by atoms with E-state index in [9.17, 15) is 4.39 Å². The van der Waals surface area contributed by atoms with E-state index in [2.05, 4.69) is 11.4 Å². The molecule has 0 spiro atoms. The molecule has 2 aromatic rings. The molecule has 3 nitrogen and oxygen atoms in total. The Bertz CT molecular complexity index is 657. The molecule has 1 aliphatic rings. The van der Waals surface area contributed by atoms with E-state index in [1.165, 1.54) is 12.1 Å². The zero-order chi connectivity index (χ0) is 13.9. The quantitative estimate of drug-likeness (QED) is 0.931. The molecule has 1 aliphatic heterocycles. The molecular formula is C16H13FN2O. The number of nitriles is 1. The maximum atomic E-state index is 13.5. The zero-order valence-electron chi connectivity index (χ0n) is 10.8. The lowest BCUT2D eigenvalue weighted by Gasteiger charge is -2.28. The van der Waals surface area contributed by atoms with E-state index in [4.69, 9.17) is 10.00 Å². The summed E-state index contributed by atoms with van der Waals surface area (Å²) >= 11 is 0. The van der Waals surface area contributed by atoms with Crippen molar-refractivity contribution >= 4 is 0 Å². The first-order chi connectivity index (χ1) is 9.76. The zero-order valence-corrected chi connectivity index (χ0v) is 10.8. The summed E-state index contributed by atoms with van der Waals surface area (Å²) in [5.74, 6) is 0.367. The Kier molecular flexibility index (Phi) is 3.36. The molecule has 20 heavy (non-hydrogen) atoms. The maximum Gasteiger partial charge on any atom is 0.127 e. The Balaban J connectivity index is 1.96. The minimum atomic E-state index is -0.302. The van der Waals surface area contributed by atoms with Gasteiger partial charge in [-0.2, -0.15) is 5.26 Å². The Morgan fingerprint density at radius 1 is 1.15 bits per heavy atom. The van der Waals surface area contributed by atoms with Crippen LogP contribution >= 0.6 is 0 Å². The van der Waals surface area contributed by atoms with Crippen molar-refractivity contribution in [1.82, 2.24) is 5.32 Å². The summed E-state index contributed by atoms with van der Waals surface area (Å²) in [5.41, 5.74) is 2.13. The topological polar surface area (TPSA) is 45.0 Å². The molecule has 2 aromatic carbocycles. The van der Waals surface area contributed by atoms with Crippen molar-refractivity contribution in [3.05, 3.63) is 53.8 Å². The lowest BCUT2D eigenvalue weighted by Crippen LogP contribution is -2.50. The fourth-order valence-corrected chi connectivity index (χ4v) is 2.08. The van der Waals surface area contributed by atoms with Gasteiger partial charge < -0.3 is 10.1 Å². The second kappa shape index (κ2) is 5.32. The molecule has 100 valence electrons. The van der Waals surface area contributed by atoms with E-state index in [1.54, 1.807) is 30.3 Å². The second-order valence-electron chi connectivity index (χ2n) is 4.73. The molecule has 3 rings (SSSR count). The number of hydrogen-bond donors (Lipinski definition) is 1. The Labute approximate surface area is 116 Å². The van der Waals surface area contributed by atoms with E-state index >= 15 is 0 Å². The van der Waals surface area contributed by atoms with Crippen LogP contribution in [0.2, 0.25) is 0 Å². The molecule has 0 aliphatic carbocycles. The first-order valence-electron chi connectivity index (χ1n) is 6.44. The molecule has 0 atom stereocenters. The molecule has 4 heteroatoms. The number of benzene rings is 2. The largest absolute Gasteiger partial charge is 0.487 e. The summed E-state index contributed by atoms with van der Waals surface area (Å²) in [6.07, 6.45) is 0.137. The number of hydrogen-bond acceptors (Lipinski definition) is 3. The lowest BCUT2D eigenvalue weighted by atomic mass is 10.0. The molecule has 1 N–H and O–H groups in total. The van der Waals surface area contributed by atoms with E-state index in [0.717, 1.165) is 18.7 Å². The first kappa shape index (κ1) is 12.6. The highest BCUT2D eigenvalue weighted by Crippen LogP contribution is 2.32. The van der Waals surface area contributed by atoms with Crippen molar-refractivity contribution < 1.29 is 9.13 Å². The van der Waals surface area contributed by atoms with Crippen molar-refractivity contribution in [3.63, 3.8) is 0 Å². The number of halogens is 1. The third-order valence-electron chi connectivity index (χ3n) is 3.30. The molecule has 1 heterocycles. The van der Waals surface area contributed by atoms with Gasteiger partial charge in [0.15, 0.2) is 0 Å². The van der Waals surface area contributed by atoms with Gasteiger partial charge in [0.25, 0.3) is 0 Å². The van der Waals surface area contributed by atoms with Gasteiger partial charge in [-0.1, -0.05) is 12.1 Å². The molecule has 1 fully saturated rings. The summed E-state index contributed by atoms with van der Waals surface area (Å²) in [6.45, 7) is 1.62. The third kappa shape index (κ3) is 2.49. The predicted octanol–water partition coefficient (Wildman–Crippen LogP) is 2.71. The van der Waals surface area contributed by atoms with Gasteiger partial charge in [-0.05, 0) is 35.9 Å². The lowest BCUT2D eigenvalue weighted by molar-refractivity contribution is 0.143. The highest BCUT2D eigenvalue weighted by Gasteiger charge is 2.20. The monoisotopic (exact) mass is 268 g/mol. The van der Waals surface area contributed by atoms with Crippen LogP contribution < -0.4 is 10.1 Å². The molecule has 1 saturated heterocycles. The van der Waals surface area contributed by atoms with E-state index in [-0.39, 0.29) is 11.9 Å². The minimum absolute atomic E-state index is 0.137. The molecule has 0 aromatic heterocycles. The van der Waals surface area contributed by atoms with Crippen LogP contribution in [0.25, 0.3) is 11.1 Å². The van der Waals surface area contributed by atoms with Gasteiger partial charge in [0.2, 0.25) is 0 Å². The molecule has 0 unspecified atom stereocenters. The molecule has 0 radical (unpaired) electrons. The summed E-state index contributed by atoms with van der Waals surface area (Å²) in [7, 11) is 0. The molecule has 0 bridgehead atoms. The predicted molar refractivity (Wildman–Crippen MR) is 73.8 cm³/mol. The van der Waals surface area contributed by atoms with E-state index < -0.39 is 0 Å². The second-order valence-corrected chi connectivity index (χ2v) is 4.73. The number of rotatable bonds is 3. The number of nitrogens with one attached hydrogen (secondary N) is 1. The SMILES string of the molecule is N#Cc1ccc(-c2cc(F)ccc2OC2CNC2)cc1. The number of nitrogens with zero attached hydrogens (tertiary/aromatic N) is 1.